The molecular weight excluding hydrogens is 260 g/mol. The SMILES string of the molecule is CCC1CCC(N(C)S(=O)(=O)CC2CCCN2)CC1. The number of nitrogens with one attached hydrogen (secondary N) is 1. The molecule has 5 heteroatoms. The van der Waals surface area contributed by atoms with Crippen LogP contribution >= 0.6 is 0 Å². The van der Waals surface area contributed by atoms with E-state index in [1.165, 1.54) is 19.3 Å². The van der Waals surface area contributed by atoms with Crippen molar-refractivity contribution >= 4 is 10.0 Å². The predicted octanol–water partition coefficient (Wildman–Crippen LogP) is 1.97. The average molecular weight is 288 g/mol. The van der Waals surface area contributed by atoms with Gasteiger partial charge in [-0.1, -0.05) is 13.3 Å². The zero-order valence-corrected chi connectivity index (χ0v) is 13.1. The largest absolute Gasteiger partial charge is 0.313 e. The first-order valence-electron chi connectivity index (χ1n) is 7.72. The summed E-state index contributed by atoms with van der Waals surface area (Å²) >= 11 is 0. The topological polar surface area (TPSA) is 49.4 Å². The van der Waals surface area contributed by atoms with E-state index in [0.717, 1.165) is 38.1 Å². The van der Waals surface area contributed by atoms with E-state index in [1.54, 1.807) is 11.4 Å². The number of nitrogens with zero attached hydrogens (tertiary/aromatic N) is 1. The normalized spacial score (nSPS) is 32.9. The highest BCUT2D eigenvalue weighted by Gasteiger charge is 2.32. The van der Waals surface area contributed by atoms with E-state index in [9.17, 15) is 8.42 Å². The molecule has 2 rings (SSSR count). The van der Waals surface area contributed by atoms with E-state index in [0.29, 0.717) is 0 Å². The Morgan fingerprint density at radius 3 is 2.37 bits per heavy atom. The molecule has 1 saturated carbocycles. The highest BCUT2D eigenvalue weighted by molar-refractivity contribution is 7.89. The predicted molar refractivity (Wildman–Crippen MR) is 78.6 cm³/mol. The molecule has 1 atom stereocenters. The van der Waals surface area contributed by atoms with Gasteiger partial charge in [-0.3, -0.25) is 0 Å². The van der Waals surface area contributed by atoms with Crippen LogP contribution in [0.25, 0.3) is 0 Å². The maximum absolute atomic E-state index is 12.4. The first kappa shape index (κ1) is 15.3. The zero-order valence-electron chi connectivity index (χ0n) is 12.3. The van der Waals surface area contributed by atoms with E-state index < -0.39 is 10.0 Å². The average Bonchev–Trinajstić information content (AvgIpc) is 2.90. The fourth-order valence-corrected chi connectivity index (χ4v) is 5.11. The molecule has 1 saturated heterocycles. The Labute approximate surface area is 118 Å². The van der Waals surface area contributed by atoms with Gasteiger partial charge in [-0.25, -0.2) is 12.7 Å². The molecular formula is C14H28N2O2S. The lowest BCUT2D eigenvalue weighted by Gasteiger charge is -2.34. The van der Waals surface area contributed by atoms with Crippen molar-refractivity contribution in [3.63, 3.8) is 0 Å². The summed E-state index contributed by atoms with van der Waals surface area (Å²) in [4.78, 5) is 0. The van der Waals surface area contributed by atoms with Crippen LogP contribution in [0.3, 0.4) is 0 Å². The maximum Gasteiger partial charge on any atom is 0.215 e. The first-order valence-corrected chi connectivity index (χ1v) is 9.33. The highest BCUT2D eigenvalue weighted by atomic mass is 32.2. The Bertz CT molecular complexity index is 369. The molecule has 19 heavy (non-hydrogen) atoms. The molecule has 0 aromatic heterocycles. The van der Waals surface area contributed by atoms with Crippen molar-refractivity contribution < 1.29 is 8.42 Å². The molecule has 0 radical (unpaired) electrons. The number of sulfonamides is 1. The monoisotopic (exact) mass is 288 g/mol. The van der Waals surface area contributed by atoms with Crippen LogP contribution in [0.15, 0.2) is 0 Å². The van der Waals surface area contributed by atoms with Crippen LogP contribution in [-0.2, 0) is 10.0 Å². The summed E-state index contributed by atoms with van der Waals surface area (Å²) in [7, 11) is -1.32. The summed E-state index contributed by atoms with van der Waals surface area (Å²) in [6.07, 6.45) is 7.76. The lowest BCUT2D eigenvalue weighted by molar-refractivity contribution is 0.232. The third kappa shape index (κ3) is 3.92. The minimum Gasteiger partial charge on any atom is -0.313 e. The van der Waals surface area contributed by atoms with Crippen molar-refractivity contribution in [1.29, 1.82) is 0 Å². The zero-order chi connectivity index (χ0) is 13.9. The molecule has 0 amide bonds. The summed E-state index contributed by atoms with van der Waals surface area (Å²) in [5.41, 5.74) is 0. The van der Waals surface area contributed by atoms with Crippen LogP contribution < -0.4 is 5.32 Å². The van der Waals surface area contributed by atoms with Crippen LogP contribution in [0.4, 0.5) is 0 Å². The van der Waals surface area contributed by atoms with Gasteiger partial charge in [0.2, 0.25) is 10.0 Å². The molecule has 2 fully saturated rings. The van der Waals surface area contributed by atoms with Gasteiger partial charge in [0.1, 0.15) is 0 Å². The van der Waals surface area contributed by atoms with Crippen molar-refractivity contribution in [2.24, 2.45) is 5.92 Å². The van der Waals surface area contributed by atoms with Crippen molar-refractivity contribution in [2.75, 3.05) is 19.3 Å². The molecule has 1 aliphatic carbocycles. The molecule has 4 nitrogen and oxygen atoms in total. The van der Waals surface area contributed by atoms with Crippen molar-refractivity contribution in [2.45, 2.75) is 64.0 Å². The molecule has 1 unspecified atom stereocenters. The summed E-state index contributed by atoms with van der Waals surface area (Å²) in [6, 6.07) is 0.397. The van der Waals surface area contributed by atoms with Gasteiger partial charge < -0.3 is 5.32 Å². The summed E-state index contributed by atoms with van der Waals surface area (Å²) < 4.78 is 26.5. The van der Waals surface area contributed by atoms with Crippen LogP contribution in [0.5, 0.6) is 0 Å². The molecule has 1 heterocycles. The van der Waals surface area contributed by atoms with Crippen LogP contribution in [-0.4, -0.2) is 44.2 Å². The van der Waals surface area contributed by atoms with Crippen molar-refractivity contribution in [1.82, 2.24) is 9.62 Å². The second-order valence-electron chi connectivity index (χ2n) is 6.17. The van der Waals surface area contributed by atoms with Crippen molar-refractivity contribution in [3.05, 3.63) is 0 Å². The molecule has 0 aromatic carbocycles. The Morgan fingerprint density at radius 2 is 1.84 bits per heavy atom. The van der Waals surface area contributed by atoms with Gasteiger partial charge in [0.15, 0.2) is 0 Å². The second kappa shape index (κ2) is 6.55. The molecule has 1 N–H and O–H groups in total. The first-order chi connectivity index (χ1) is 9.03. The molecule has 0 spiro atoms. The Balaban J connectivity index is 1.88. The van der Waals surface area contributed by atoms with Crippen LogP contribution in [0, 0.1) is 5.92 Å². The lowest BCUT2D eigenvalue weighted by Crippen LogP contribution is -2.44. The third-order valence-corrected chi connectivity index (χ3v) is 6.92. The number of hydrogen-bond donors (Lipinski definition) is 1. The summed E-state index contributed by atoms with van der Waals surface area (Å²) in [6.45, 7) is 3.20. The van der Waals surface area contributed by atoms with Gasteiger partial charge in [0, 0.05) is 19.1 Å². The quantitative estimate of drug-likeness (QED) is 0.841. The van der Waals surface area contributed by atoms with E-state index in [2.05, 4.69) is 12.2 Å². The maximum atomic E-state index is 12.4. The molecule has 2 aliphatic rings. The Morgan fingerprint density at radius 1 is 1.16 bits per heavy atom. The smallest absolute Gasteiger partial charge is 0.215 e. The second-order valence-corrected chi connectivity index (χ2v) is 8.24. The van der Waals surface area contributed by atoms with E-state index in [1.807, 2.05) is 0 Å². The molecule has 1 aliphatic heterocycles. The van der Waals surface area contributed by atoms with Gasteiger partial charge in [-0.2, -0.15) is 0 Å². The van der Waals surface area contributed by atoms with Crippen LogP contribution in [0.2, 0.25) is 0 Å². The van der Waals surface area contributed by atoms with Gasteiger partial charge in [0.25, 0.3) is 0 Å². The molecule has 0 bridgehead atoms. The van der Waals surface area contributed by atoms with E-state index in [4.69, 9.17) is 0 Å². The fraction of sp³-hybridized carbons (Fsp3) is 1.00. The van der Waals surface area contributed by atoms with Gasteiger partial charge in [-0.15, -0.1) is 0 Å². The van der Waals surface area contributed by atoms with Gasteiger partial charge >= 0.3 is 0 Å². The number of hydrogen-bond acceptors (Lipinski definition) is 3. The Hall–Kier alpha value is -0.130. The van der Waals surface area contributed by atoms with Gasteiger partial charge in [-0.05, 0) is 51.0 Å². The van der Waals surface area contributed by atoms with Gasteiger partial charge in [0.05, 0.1) is 5.75 Å². The Kier molecular flexibility index (Phi) is 5.26. The molecule has 112 valence electrons. The molecule has 0 aromatic rings. The highest BCUT2D eigenvalue weighted by Crippen LogP contribution is 2.30. The lowest BCUT2D eigenvalue weighted by atomic mass is 9.85. The summed E-state index contributed by atoms with van der Waals surface area (Å²) in [5, 5.41) is 3.28. The number of rotatable bonds is 5. The minimum atomic E-state index is -3.10. The summed E-state index contributed by atoms with van der Waals surface area (Å²) in [5.74, 6) is 1.08. The standard InChI is InChI=1S/C14H28N2O2S/c1-3-12-6-8-14(9-7-12)16(2)19(17,18)11-13-5-4-10-15-13/h12-15H,3-11H2,1-2H3. The van der Waals surface area contributed by atoms with Crippen molar-refractivity contribution in [3.8, 4) is 0 Å². The third-order valence-electron chi connectivity index (χ3n) is 4.92. The van der Waals surface area contributed by atoms with E-state index in [-0.39, 0.29) is 17.8 Å². The minimum absolute atomic E-state index is 0.166. The van der Waals surface area contributed by atoms with E-state index >= 15 is 0 Å². The fourth-order valence-electron chi connectivity index (χ4n) is 3.41. The van der Waals surface area contributed by atoms with Crippen LogP contribution in [0.1, 0.15) is 51.9 Å².